The number of imidazole rings is 1. The lowest BCUT2D eigenvalue weighted by molar-refractivity contribution is -0.122. The lowest BCUT2D eigenvalue weighted by atomic mass is 9.79. The molecule has 2 heterocycles. The summed E-state index contributed by atoms with van der Waals surface area (Å²) in [6.07, 6.45) is 5.52. The van der Waals surface area contributed by atoms with Crippen molar-refractivity contribution in [2.45, 2.75) is 25.7 Å². The van der Waals surface area contributed by atoms with E-state index >= 15 is 0 Å². The van der Waals surface area contributed by atoms with Crippen molar-refractivity contribution in [3.8, 4) is 0 Å². The highest BCUT2D eigenvalue weighted by atomic mass is 35.5. The van der Waals surface area contributed by atoms with E-state index in [1.54, 1.807) is 0 Å². The summed E-state index contributed by atoms with van der Waals surface area (Å²) >= 11 is 6.04. The molecular formula is C13H17ClN6O. The van der Waals surface area contributed by atoms with Gasteiger partial charge in [0.05, 0.1) is 6.33 Å². The number of nitrogens with zero attached hydrogens (tertiary/aromatic N) is 3. The maximum Gasteiger partial charge on any atom is 0.233 e. The fourth-order valence-electron chi connectivity index (χ4n) is 2.89. The van der Waals surface area contributed by atoms with Gasteiger partial charge in [-0.05, 0) is 25.3 Å². The minimum Gasteiger partial charge on any atom is -0.341 e. The molecule has 2 aromatic heterocycles. The fraction of sp³-hybridized carbons (Fsp3) is 0.538. The molecule has 3 rings (SSSR count). The number of amides is 1. The summed E-state index contributed by atoms with van der Waals surface area (Å²) < 4.78 is 0. The number of anilines is 1. The summed E-state index contributed by atoms with van der Waals surface area (Å²) in [6.45, 7) is 0.526. The van der Waals surface area contributed by atoms with E-state index in [1.807, 2.05) is 0 Å². The number of hydrogen-bond donors (Lipinski definition) is 3. The number of aromatic amines is 1. The average Bonchev–Trinajstić information content (AvgIpc) is 2.96. The van der Waals surface area contributed by atoms with Crippen LogP contribution in [0.5, 0.6) is 0 Å². The van der Waals surface area contributed by atoms with E-state index in [1.165, 1.54) is 6.33 Å². The highest BCUT2D eigenvalue weighted by Gasteiger charge is 2.30. The number of hydrogen-bond acceptors (Lipinski definition) is 5. The molecule has 0 saturated heterocycles. The van der Waals surface area contributed by atoms with Gasteiger partial charge in [-0.1, -0.05) is 24.4 Å². The van der Waals surface area contributed by atoms with Gasteiger partial charge in [0.25, 0.3) is 0 Å². The van der Waals surface area contributed by atoms with Gasteiger partial charge in [0.15, 0.2) is 10.8 Å². The summed E-state index contributed by atoms with van der Waals surface area (Å²) in [5.74, 6) is 0.242. The van der Waals surface area contributed by atoms with Crippen LogP contribution in [0, 0.1) is 11.8 Å². The van der Waals surface area contributed by atoms with Gasteiger partial charge in [-0.2, -0.15) is 9.97 Å². The van der Waals surface area contributed by atoms with Gasteiger partial charge >= 0.3 is 0 Å². The second kappa shape index (κ2) is 5.95. The third kappa shape index (κ3) is 2.84. The van der Waals surface area contributed by atoms with E-state index < -0.39 is 0 Å². The van der Waals surface area contributed by atoms with Crippen LogP contribution in [0.1, 0.15) is 25.7 Å². The van der Waals surface area contributed by atoms with Crippen molar-refractivity contribution in [1.29, 1.82) is 0 Å². The van der Waals surface area contributed by atoms with E-state index in [2.05, 4.69) is 25.3 Å². The van der Waals surface area contributed by atoms with Gasteiger partial charge in [0.2, 0.25) is 11.9 Å². The molecule has 7 nitrogen and oxygen atoms in total. The molecule has 21 heavy (non-hydrogen) atoms. The van der Waals surface area contributed by atoms with Gasteiger partial charge in [0.1, 0.15) is 5.52 Å². The van der Waals surface area contributed by atoms with Crippen LogP contribution < -0.4 is 11.1 Å². The molecule has 0 spiro atoms. The number of nitrogens with two attached hydrogens (primary N) is 1. The van der Waals surface area contributed by atoms with Crippen molar-refractivity contribution in [3.63, 3.8) is 0 Å². The Morgan fingerprint density at radius 3 is 3.05 bits per heavy atom. The Hall–Kier alpha value is -1.73. The number of H-pyrrole nitrogens is 1. The molecule has 2 atom stereocenters. The van der Waals surface area contributed by atoms with Gasteiger partial charge in [-0.25, -0.2) is 4.98 Å². The van der Waals surface area contributed by atoms with E-state index in [9.17, 15) is 4.79 Å². The zero-order valence-electron chi connectivity index (χ0n) is 11.5. The van der Waals surface area contributed by atoms with Gasteiger partial charge in [-0.3, -0.25) is 10.1 Å². The number of halogens is 1. The van der Waals surface area contributed by atoms with Gasteiger partial charge < -0.3 is 10.7 Å². The third-order valence-corrected chi connectivity index (χ3v) is 4.30. The third-order valence-electron chi connectivity index (χ3n) is 4.03. The van der Waals surface area contributed by atoms with Crippen LogP contribution in [0.2, 0.25) is 5.15 Å². The Balaban J connectivity index is 1.79. The van der Waals surface area contributed by atoms with Crippen LogP contribution in [0.15, 0.2) is 6.33 Å². The fourth-order valence-corrected chi connectivity index (χ4v) is 3.11. The van der Waals surface area contributed by atoms with Crippen molar-refractivity contribution in [2.24, 2.45) is 17.6 Å². The molecule has 8 heteroatoms. The minimum absolute atomic E-state index is 0.0824. The lowest BCUT2D eigenvalue weighted by Gasteiger charge is -2.29. The van der Waals surface area contributed by atoms with E-state index in [0.29, 0.717) is 17.7 Å². The zero-order valence-corrected chi connectivity index (χ0v) is 12.2. The molecule has 0 radical (unpaired) electrons. The molecule has 0 aliphatic heterocycles. The number of nitrogens with one attached hydrogen (secondary N) is 2. The summed E-state index contributed by atoms with van der Waals surface area (Å²) in [5.41, 5.74) is 6.76. The molecular weight excluding hydrogens is 292 g/mol. The molecule has 1 fully saturated rings. The van der Waals surface area contributed by atoms with E-state index in [-0.39, 0.29) is 28.8 Å². The van der Waals surface area contributed by atoms with Crippen LogP contribution in [0.25, 0.3) is 11.2 Å². The molecule has 1 amide bonds. The Bertz CT molecular complexity index is 657. The highest BCUT2D eigenvalue weighted by molar-refractivity contribution is 6.33. The molecule has 112 valence electrons. The first-order valence-corrected chi connectivity index (χ1v) is 7.44. The number of rotatable bonds is 3. The SMILES string of the molecule is NCC1CCCCC1C(=O)Nc1nc(Cl)c2[nH]cnc2n1. The Labute approximate surface area is 126 Å². The molecule has 1 saturated carbocycles. The van der Waals surface area contributed by atoms with Crippen molar-refractivity contribution in [1.82, 2.24) is 19.9 Å². The summed E-state index contributed by atoms with van der Waals surface area (Å²) in [4.78, 5) is 27.5. The van der Waals surface area contributed by atoms with Gasteiger partial charge in [-0.15, -0.1) is 0 Å². The molecule has 2 aromatic rings. The van der Waals surface area contributed by atoms with Crippen LogP contribution >= 0.6 is 11.6 Å². The second-order valence-electron chi connectivity index (χ2n) is 5.32. The van der Waals surface area contributed by atoms with Crippen molar-refractivity contribution in [3.05, 3.63) is 11.5 Å². The first kappa shape index (κ1) is 14.2. The summed E-state index contributed by atoms with van der Waals surface area (Å²) in [7, 11) is 0. The topological polar surface area (TPSA) is 110 Å². The Morgan fingerprint density at radius 2 is 2.24 bits per heavy atom. The zero-order chi connectivity index (χ0) is 14.8. The first-order valence-electron chi connectivity index (χ1n) is 7.06. The molecule has 1 aliphatic rings. The summed E-state index contributed by atoms with van der Waals surface area (Å²) in [5, 5.41) is 2.99. The average molecular weight is 309 g/mol. The number of fused-ring (bicyclic) bond motifs is 1. The Kier molecular flexibility index (Phi) is 4.03. The summed E-state index contributed by atoms with van der Waals surface area (Å²) in [6, 6.07) is 0. The number of carbonyl (C=O) groups is 1. The lowest BCUT2D eigenvalue weighted by Crippen LogP contribution is -2.36. The second-order valence-corrected chi connectivity index (χ2v) is 5.67. The smallest absolute Gasteiger partial charge is 0.233 e. The van der Waals surface area contributed by atoms with Crippen molar-refractivity contribution < 1.29 is 4.79 Å². The normalized spacial score (nSPS) is 22.4. The maximum atomic E-state index is 12.4. The highest BCUT2D eigenvalue weighted by Crippen LogP contribution is 2.30. The predicted molar refractivity (Wildman–Crippen MR) is 79.8 cm³/mol. The molecule has 0 aromatic carbocycles. The maximum absolute atomic E-state index is 12.4. The number of aromatic nitrogens is 4. The standard InChI is InChI=1S/C13H17ClN6O/c14-10-9-11(17-6-16-9)19-13(18-10)20-12(21)8-4-2-1-3-7(8)5-15/h6-8H,1-5,15H2,(H2,16,17,18,19,20,21). The molecule has 2 unspecified atom stereocenters. The largest absolute Gasteiger partial charge is 0.341 e. The van der Waals surface area contributed by atoms with Gasteiger partial charge in [0, 0.05) is 5.92 Å². The van der Waals surface area contributed by atoms with Crippen LogP contribution in [-0.2, 0) is 4.79 Å². The van der Waals surface area contributed by atoms with Crippen molar-refractivity contribution in [2.75, 3.05) is 11.9 Å². The van der Waals surface area contributed by atoms with Crippen LogP contribution in [0.3, 0.4) is 0 Å². The molecule has 1 aliphatic carbocycles. The minimum atomic E-state index is -0.0869. The quantitative estimate of drug-likeness (QED) is 0.748. The number of carbonyl (C=O) groups excluding carboxylic acids is 1. The Morgan fingerprint density at radius 1 is 1.43 bits per heavy atom. The van der Waals surface area contributed by atoms with Crippen LogP contribution in [-0.4, -0.2) is 32.4 Å². The molecule has 4 N–H and O–H groups in total. The van der Waals surface area contributed by atoms with E-state index in [4.69, 9.17) is 17.3 Å². The monoisotopic (exact) mass is 308 g/mol. The van der Waals surface area contributed by atoms with Crippen molar-refractivity contribution >= 4 is 34.6 Å². The predicted octanol–water partition coefficient (Wildman–Crippen LogP) is 1.71. The first-order chi connectivity index (χ1) is 10.2. The van der Waals surface area contributed by atoms with E-state index in [0.717, 1.165) is 25.7 Å². The molecule has 0 bridgehead atoms. The van der Waals surface area contributed by atoms with Crippen LogP contribution in [0.4, 0.5) is 5.95 Å².